The van der Waals surface area contributed by atoms with E-state index in [4.69, 9.17) is 4.74 Å². The molecule has 0 saturated carbocycles. The molecule has 3 N–H and O–H groups in total. The van der Waals surface area contributed by atoms with Crippen LogP contribution in [0.2, 0.25) is 0 Å². The van der Waals surface area contributed by atoms with Crippen molar-refractivity contribution in [2.45, 2.75) is 95.9 Å². The minimum Gasteiger partial charge on any atom is -0.375 e. The normalized spacial score (nSPS) is 35.7. The first kappa shape index (κ1) is 15.2. The molecule has 2 aliphatic heterocycles. The molecule has 2 fully saturated rings. The van der Waals surface area contributed by atoms with E-state index in [2.05, 4.69) is 45.3 Å². The van der Waals surface area contributed by atoms with Gasteiger partial charge in [0, 0.05) is 11.1 Å². The third-order valence-electron chi connectivity index (χ3n) is 4.20. The summed E-state index contributed by atoms with van der Waals surface area (Å²) in [6.07, 6.45) is 4.37. The van der Waals surface area contributed by atoms with E-state index in [1.54, 1.807) is 0 Å². The van der Waals surface area contributed by atoms with Gasteiger partial charge < -0.3 is 15.2 Å². The zero-order chi connectivity index (χ0) is 14.3. The quantitative estimate of drug-likeness (QED) is 0.735. The summed E-state index contributed by atoms with van der Waals surface area (Å²) in [5.74, 6) is 0. The van der Waals surface area contributed by atoms with Crippen LogP contribution in [-0.4, -0.2) is 34.2 Å². The smallest absolute Gasteiger partial charge is 0.136 e. The maximum absolute atomic E-state index is 10.5. The SMILES string of the molecule is CCCCC1NC(O)C2(CC(C)(C)NC(C)(C)C2)O1. The van der Waals surface area contributed by atoms with Crippen molar-refractivity contribution in [1.82, 2.24) is 10.6 Å². The molecule has 0 bridgehead atoms. The lowest BCUT2D eigenvalue weighted by atomic mass is 9.72. The average Bonchev–Trinajstić information content (AvgIpc) is 2.47. The number of nitrogens with one attached hydrogen (secondary N) is 2. The molecule has 0 aliphatic carbocycles. The summed E-state index contributed by atoms with van der Waals surface area (Å²) in [5, 5.41) is 17.3. The van der Waals surface area contributed by atoms with E-state index >= 15 is 0 Å². The Hall–Kier alpha value is -0.160. The van der Waals surface area contributed by atoms with Gasteiger partial charge in [-0.1, -0.05) is 13.3 Å². The number of piperidine rings is 1. The Kier molecular flexibility index (Phi) is 4.00. The summed E-state index contributed by atoms with van der Waals surface area (Å²) in [4.78, 5) is 0. The van der Waals surface area contributed by atoms with Crippen molar-refractivity contribution in [3.05, 3.63) is 0 Å². The highest BCUT2D eigenvalue weighted by Crippen LogP contribution is 2.43. The minimum absolute atomic E-state index is 0.000324. The number of ether oxygens (including phenoxy) is 1. The largest absolute Gasteiger partial charge is 0.375 e. The molecule has 0 aromatic rings. The Morgan fingerprint density at radius 3 is 2.26 bits per heavy atom. The Morgan fingerprint density at radius 2 is 1.74 bits per heavy atom. The van der Waals surface area contributed by atoms with Gasteiger partial charge in [-0.05, 0) is 53.4 Å². The zero-order valence-electron chi connectivity index (χ0n) is 13.0. The maximum Gasteiger partial charge on any atom is 0.136 e. The van der Waals surface area contributed by atoms with E-state index in [1.165, 1.54) is 0 Å². The molecule has 4 nitrogen and oxygen atoms in total. The summed E-state index contributed by atoms with van der Waals surface area (Å²) in [5.41, 5.74) is -0.495. The first-order valence-electron chi connectivity index (χ1n) is 7.59. The first-order valence-corrected chi connectivity index (χ1v) is 7.59. The summed E-state index contributed by atoms with van der Waals surface area (Å²) in [6.45, 7) is 10.9. The second-order valence-electron chi connectivity index (χ2n) is 7.63. The van der Waals surface area contributed by atoms with Gasteiger partial charge in [-0.2, -0.15) is 0 Å². The van der Waals surface area contributed by atoms with Crippen LogP contribution in [0.1, 0.15) is 66.7 Å². The fourth-order valence-electron chi connectivity index (χ4n) is 4.08. The highest BCUT2D eigenvalue weighted by Gasteiger charge is 2.56. The molecule has 2 heterocycles. The van der Waals surface area contributed by atoms with E-state index in [0.717, 1.165) is 32.1 Å². The van der Waals surface area contributed by atoms with Crippen LogP contribution in [0, 0.1) is 0 Å². The summed E-state index contributed by atoms with van der Waals surface area (Å²) >= 11 is 0. The zero-order valence-corrected chi connectivity index (χ0v) is 13.0. The van der Waals surface area contributed by atoms with Gasteiger partial charge in [-0.25, -0.2) is 0 Å². The van der Waals surface area contributed by atoms with Gasteiger partial charge in [-0.3, -0.25) is 5.32 Å². The number of hydrogen-bond donors (Lipinski definition) is 3. The molecule has 2 aliphatic rings. The van der Waals surface area contributed by atoms with Crippen LogP contribution in [0.25, 0.3) is 0 Å². The predicted octanol–water partition coefficient (Wildman–Crippen LogP) is 2.12. The van der Waals surface area contributed by atoms with E-state index in [9.17, 15) is 5.11 Å². The molecule has 0 amide bonds. The number of aliphatic hydroxyl groups is 1. The monoisotopic (exact) mass is 270 g/mol. The van der Waals surface area contributed by atoms with Crippen molar-refractivity contribution in [3.63, 3.8) is 0 Å². The van der Waals surface area contributed by atoms with Crippen molar-refractivity contribution < 1.29 is 9.84 Å². The minimum atomic E-state index is -0.560. The van der Waals surface area contributed by atoms with Gasteiger partial charge in [0.25, 0.3) is 0 Å². The maximum atomic E-state index is 10.5. The molecule has 2 saturated heterocycles. The molecule has 2 atom stereocenters. The van der Waals surface area contributed by atoms with E-state index in [0.29, 0.717) is 0 Å². The fourth-order valence-corrected chi connectivity index (χ4v) is 4.08. The lowest BCUT2D eigenvalue weighted by Crippen LogP contribution is -2.66. The second kappa shape index (κ2) is 4.99. The van der Waals surface area contributed by atoms with Crippen molar-refractivity contribution in [1.29, 1.82) is 0 Å². The Balaban J connectivity index is 2.13. The molecular formula is C15H30N2O2. The highest BCUT2D eigenvalue weighted by molar-refractivity contribution is 5.09. The lowest BCUT2D eigenvalue weighted by Gasteiger charge is -2.51. The molecule has 112 valence electrons. The van der Waals surface area contributed by atoms with Crippen LogP contribution >= 0.6 is 0 Å². The van der Waals surface area contributed by atoms with Gasteiger partial charge in [0.2, 0.25) is 0 Å². The Labute approximate surface area is 117 Å². The fraction of sp³-hybridized carbons (Fsp3) is 1.00. The number of unbranched alkanes of at least 4 members (excludes halogenated alkanes) is 1. The molecule has 0 aromatic carbocycles. The van der Waals surface area contributed by atoms with Crippen LogP contribution in [0.15, 0.2) is 0 Å². The number of aliphatic hydroxyl groups excluding tert-OH is 1. The van der Waals surface area contributed by atoms with Crippen LogP contribution in [-0.2, 0) is 4.74 Å². The molecule has 2 rings (SSSR count). The number of hydrogen-bond acceptors (Lipinski definition) is 4. The van der Waals surface area contributed by atoms with E-state index in [-0.39, 0.29) is 17.3 Å². The van der Waals surface area contributed by atoms with Crippen LogP contribution in [0.3, 0.4) is 0 Å². The molecule has 4 heteroatoms. The van der Waals surface area contributed by atoms with Crippen LogP contribution in [0.5, 0.6) is 0 Å². The lowest BCUT2D eigenvalue weighted by molar-refractivity contribution is -0.137. The second-order valence-corrected chi connectivity index (χ2v) is 7.63. The molecule has 0 aromatic heterocycles. The molecule has 1 spiro atoms. The van der Waals surface area contributed by atoms with Gasteiger partial charge in [0.15, 0.2) is 0 Å². The first-order chi connectivity index (χ1) is 8.68. The van der Waals surface area contributed by atoms with Crippen LogP contribution in [0.4, 0.5) is 0 Å². The van der Waals surface area contributed by atoms with Gasteiger partial charge in [0.05, 0.1) is 0 Å². The van der Waals surface area contributed by atoms with E-state index < -0.39 is 11.8 Å². The molecule has 19 heavy (non-hydrogen) atoms. The predicted molar refractivity (Wildman–Crippen MR) is 76.8 cm³/mol. The Bertz CT molecular complexity index is 312. The van der Waals surface area contributed by atoms with Gasteiger partial charge in [-0.15, -0.1) is 0 Å². The van der Waals surface area contributed by atoms with Crippen molar-refractivity contribution in [2.24, 2.45) is 0 Å². The highest BCUT2D eigenvalue weighted by atomic mass is 16.6. The average molecular weight is 270 g/mol. The van der Waals surface area contributed by atoms with Crippen LogP contribution < -0.4 is 10.6 Å². The summed E-state index contributed by atoms with van der Waals surface area (Å²) < 4.78 is 6.27. The van der Waals surface area contributed by atoms with Gasteiger partial charge in [0.1, 0.15) is 18.1 Å². The topological polar surface area (TPSA) is 53.5 Å². The van der Waals surface area contributed by atoms with Crippen molar-refractivity contribution >= 4 is 0 Å². The number of rotatable bonds is 3. The third kappa shape index (κ3) is 3.30. The Morgan fingerprint density at radius 1 is 1.16 bits per heavy atom. The third-order valence-corrected chi connectivity index (χ3v) is 4.20. The van der Waals surface area contributed by atoms with Crippen molar-refractivity contribution in [2.75, 3.05) is 0 Å². The summed E-state index contributed by atoms with van der Waals surface area (Å²) in [7, 11) is 0. The van der Waals surface area contributed by atoms with Crippen molar-refractivity contribution in [3.8, 4) is 0 Å². The molecule has 0 radical (unpaired) electrons. The van der Waals surface area contributed by atoms with E-state index in [1.807, 2.05) is 0 Å². The standard InChI is InChI=1S/C15H30N2O2/c1-6-7-8-11-16-12(18)15(19-11)9-13(2,3)17-14(4,5)10-15/h11-12,16-18H,6-10H2,1-5H3. The molecular weight excluding hydrogens is 240 g/mol. The molecule has 2 unspecified atom stereocenters. The van der Waals surface area contributed by atoms with Gasteiger partial charge >= 0.3 is 0 Å². The summed E-state index contributed by atoms with van der Waals surface area (Å²) in [6, 6.07) is 0.